The van der Waals surface area contributed by atoms with Crippen molar-refractivity contribution in [3.63, 3.8) is 0 Å². The molecule has 2 saturated carbocycles. The van der Waals surface area contributed by atoms with Crippen LogP contribution in [0.4, 0.5) is 0 Å². The largest absolute Gasteiger partial charge is 0.314 e. The molecule has 2 fully saturated rings. The number of rotatable bonds is 7. The van der Waals surface area contributed by atoms with E-state index in [2.05, 4.69) is 30.6 Å². The van der Waals surface area contributed by atoms with Gasteiger partial charge in [-0.2, -0.15) is 0 Å². The summed E-state index contributed by atoms with van der Waals surface area (Å²) in [5.74, 6) is 0.889. The Hall–Kier alpha value is -0.340. The fourth-order valence-corrected chi connectivity index (χ4v) is 2.69. The maximum atomic E-state index is 4.04. The molecule has 0 aromatic heterocycles. The average Bonchev–Trinajstić information content (AvgIpc) is 2.98. The van der Waals surface area contributed by atoms with Gasteiger partial charge in [0.05, 0.1) is 0 Å². The summed E-state index contributed by atoms with van der Waals surface area (Å²) in [5, 5.41) is 3.67. The van der Waals surface area contributed by atoms with Crippen LogP contribution in [0.1, 0.15) is 39.5 Å². The molecule has 16 heavy (non-hydrogen) atoms. The Morgan fingerprint density at radius 3 is 2.50 bits per heavy atom. The maximum Gasteiger partial charge on any atom is 0.0190 e. The minimum Gasteiger partial charge on any atom is -0.314 e. The normalized spacial score (nSPS) is 29.2. The summed E-state index contributed by atoms with van der Waals surface area (Å²) in [4.78, 5) is 2.60. The van der Waals surface area contributed by atoms with E-state index in [1.54, 1.807) is 0 Å². The number of nitrogens with one attached hydrogen (secondary N) is 1. The van der Waals surface area contributed by atoms with Crippen molar-refractivity contribution in [2.24, 2.45) is 5.92 Å². The van der Waals surface area contributed by atoms with Crippen LogP contribution in [0.2, 0.25) is 0 Å². The quantitative estimate of drug-likeness (QED) is 0.666. The molecule has 0 aliphatic heterocycles. The lowest BCUT2D eigenvalue weighted by Gasteiger charge is -2.44. The third kappa shape index (κ3) is 3.08. The van der Waals surface area contributed by atoms with Gasteiger partial charge in [0, 0.05) is 18.6 Å². The van der Waals surface area contributed by atoms with Crippen molar-refractivity contribution >= 4 is 0 Å². The summed E-state index contributed by atoms with van der Waals surface area (Å²) < 4.78 is 0. The molecule has 0 radical (unpaired) electrons. The second-order valence-corrected chi connectivity index (χ2v) is 5.61. The molecular formula is C14H26N2. The van der Waals surface area contributed by atoms with Gasteiger partial charge in [-0.3, -0.25) is 4.90 Å². The van der Waals surface area contributed by atoms with Crippen LogP contribution < -0.4 is 5.32 Å². The van der Waals surface area contributed by atoms with Crippen molar-refractivity contribution in [2.75, 3.05) is 19.6 Å². The highest BCUT2D eigenvalue weighted by Crippen LogP contribution is 2.32. The van der Waals surface area contributed by atoms with Crippen LogP contribution in [-0.4, -0.2) is 36.6 Å². The van der Waals surface area contributed by atoms with Crippen LogP contribution in [0.5, 0.6) is 0 Å². The molecule has 0 saturated heterocycles. The van der Waals surface area contributed by atoms with Crippen molar-refractivity contribution in [3.05, 3.63) is 12.2 Å². The lowest BCUT2D eigenvalue weighted by molar-refractivity contribution is 0.0736. The summed E-state index contributed by atoms with van der Waals surface area (Å²) in [5.41, 5.74) is 1.29. The second kappa shape index (κ2) is 5.33. The van der Waals surface area contributed by atoms with Crippen molar-refractivity contribution < 1.29 is 0 Å². The number of nitrogens with zero attached hydrogens (tertiary/aromatic N) is 1. The zero-order valence-corrected chi connectivity index (χ0v) is 10.8. The molecule has 92 valence electrons. The molecule has 0 bridgehead atoms. The van der Waals surface area contributed by atoms with E-state index in [0.29, 0.717) is 0 Å². The van der Waals surface area contributed by atoms with E-state index < -0.39 is 0 Å². The summed E-state index contributed by atoms with van der Waals surface area (Å²) in [7, 11) is 0. The van der Waals surface area contributed by atoms with Gasteiger partial charge >= 0.3 is 0 Å². The van der Waals surface area contributed by atoms with E-state index in [0.717, 1.165) is 31.1 Å². The Morgan fingerprint density at radius 1 is 1.31 bits per heavy atom. The van der Waals surface area contributed by atoms with E-state index in [1.807, 2.05) is 0 Å². The van der Waals surface area contributed by atoms with E-state index in [-0.39, 0.29) is 0 Å². The van der Waals surface area contributed by atoms with E-state index in [9.17, 15) is 0 Å². The smallest absolute Gasteiger partial charge is 0.0190 e. The molecule has 0 aromatic rings. The summed E-state index contributed by atoms with van der Waals surface area (Å²) in [6, 6.07) is 1.67. The Labute approximate surface area is 100 Å². The van der Waals surface area contributed by atoms with Gasteiger partial charge in [-0.05, 0) is 51.6 Å². The highest BCUT2D eigenvalue weighted by molar-refractivity contribution is 4.98. The monoisotopic (exact) mass is 222 g/mol. The highest BCUT2D eigenvalue weighted by Gasteiger charge is 2.35. The first-order valence-electron chi connectivity index (χ1n) is 6.82. The molecule has 2 nitrogen and oxygen atoms in total. The lowest BCUT2D eigenvalue weighted by Crippen LogP contribution is -2.51. The first kappa shape index (κ1) is 12.1. The van der Waals surface area contributed by atoms with Crippen LogP contribution in [0.15, 0.2) is 12.2 Å². The average molecular weight is 222 g/mol. The van der Waals surface area contributed by atoms with Crippen molar-refractivity contribution in [3.8, 4) is 0 Å². The van der Waals surface area contributed by atoms with Crippen LogP contribution in [-0.2, 0) is 0 Å². The zero-order valence-electron chi connectivity index (χ0n) is 10.8. The van der Waals surface area contributed by atoms with Gasteiger partial charge < -0.3 is 5.32 Å². The number of hydrogen-bond acceptors (Lipinski definition) is 2. The van der Waals surface area contributed by atoms with Crippen molar-refractivity contribution in [2.45, 2.75) is 51.6 Å². The summed E-state index contributed by atoms with van der Waals surface area (Å²) >= 11 is 0. The second-order valence-electron chi connectivity index (χ2n) is 5.61. The predicted molar refractivity (Wildman–Crippen MR) is 69.6 cm³/mol. The third-order valence-electron chi connectivity index (χ3n) is 3.97. The van der Waals surface area contributed by atoms with E-state index >= 15 is 0 Å². The molecule has 2 aliphatic rings. The standard InChI is InChI=1S/C14H26N2/c1-4-16(10-11(2)3)14-8-5-12(14)9-15-13-6-7-13/h12-15H,2,4-10H2,1,3H3. The SMILES string of the molecule is C=C(C)CN(CC)C1CCC1CNC1CC1. The Balaban J connectivity index is 1.75. The molecule has 2 rings (SSSR count). The van der Waals surface area contributed by atoms with Gasteiger partial charge in [-0.25, -0.2) is 0 Å². The fraction of sp³-hybridized carbons (Fsp3) is 0.857. The topological polar surface area (TPSA) is 15.3 Å². The summed E-state index contributed by atoms with van der Waals surface area (Å²) in [6.07, 6.45) is 5.61. The fourth-order valence-electron chi connectivity index (χ4n) is 2.69. The van der Waals surface area contributed by atoms with Crippen LogP contribution in [0.25, 0.3) is 0 Å². The molecule has 0 heterocycles. The van der Waals surface area contributed by atoms with Gasteiger partial charge in [-0.1, -0.05) is 19.1 Å². The van der Waals surface area contributed by atoms with Gasteiger partial charge in [0.1, 0.15) is 0 Å². The minimum absolute atomic E-state index is 0.813. The molecule has 0 aromatic carbocycles. The first-order chi connectivity index (χ1) is 7.70. The molecule has 0 amide bonds. The molecule has 1 N–H and O–H groups in total. The summed E-state index contributed by atoms with van der Waals surface area (Å²) in [6.45, 7) is 11.9. The number of hydrogen-bond donors (Lipinski definition) is 1. The van der Waals surface area contributed by atoms with Crippen LogP contribution >= 0.6 is 0 Å². The van der Waals surface area contributed by atoms with E-state index in [4.69, 9.17) is 0 Å². The predicted octanol–water partition coefficient (Wildman–Crippen LogP) is 2.42. The Kier molecular flexibility index (Phi) is 4.04. The molecule has 2 atom stereocenters. The Bertz CT molecular complexity index is 245. The Morgan fingerprint density at radius 2 is 2.06 bits per heavy atom. The van der Waals surface area contributed by atoms with Crippen LogP contribution in [0, 0.1) is 5.92 Å². The van der Waals surface area contributed by atoms with Crippen molar-refractivity contribution in [1.29, 1.82) is 0 Å². The molecular weight excluding hydrogens is 196 g/mol. The molecule has 2 unspecified atom stereocenters. The zero-order chi connectivity index (χ0) is 11.5. The third-order valence-corrected chi connectivity index (χ3v) is 3.97. The minimum atomic E-state index is 0.813. The van der Waals surface area contributed by atoms with Crippen molar-refractivity contribution in [1.82, 2.24) is 10.2 Å². The lowest BCUT2D eigenvalue weighted by atomic mass is 9.78. The van der Waals surface area contributed by atoms with Gasteiger partial charge in [-0.15, -0.1) is 0 Å². The molecule has 2 aliphatic carbocycles. The van der Waals surface area contributed by atoms with Gasteiger partial charge in [0.2, 0.25) is 0 Å². The maximum absolute atomic E-state index is 4.04. The molecule has 2 heteroatoms. The molecule has 0 spiro atoms. The number of likely N-dealkylation sites (N-methyl/N-ethyl adjacent to an activating group) is 1. The van der Waals surface area contributed by atoms with E-state index in [1.165, 1.54) is 37.8 Å². The van der Waals surface area contributed by atoms with Gasteiger partial charge in [0.25, 0.3) is 0 Å². The van der Waals surface area contributed by atoms with Gasteiger partial charge in [0.15, 0.2) is 0 Å². The van der Waals surface area contributed by atoms with Crippen LogP contribution in [0.3, 0.4) is 0 Å². The first-order valence-corrected chi connectivity index (χ1v) is 6.82. The highest BCUT2D eigenvalue weighted by atomic mass is 15.2.